The average molecular weight is 299 g/mol. The number of piperazine rings is 1. The van der Waals surface area contributed by atoms with E-state index in [1.165, 1.54) is 6.07 Å². The van der Waals surface area contributed by atoms with Crippen molar-refractivity contribution in [1.82, 2.24) is 10.2 Å². The van der Waals surface area contributed by atoms with Crippen molar-refractivity contribution in [2.75, 3.05) is 13.1 Å². The van der Waals surface area contributed by atoms with E-state index < -0.39 is 0 Å². The highest BCUT2D eigenvalue weighted by atomic mass is 35.5. The van der Waals surface area contributed by atoms with Crippen LogP contribution >= 0.6 is 11.6 Å². The van der Waals surface area contributed by atoms with Gasteiger partial charge in [0.05, 0.1) is 0 Å². The molecule has 2 unspecified atom stereocenters. The van der Waals surface area contributed by atoms with Crippen molar-refractivity contribution in [3.8, 4) is 0 Å². The minimum absolute atomic E-state index is 0.195. The van der Waals surface area contributed by atoms with Gasteiger partial charge < -0.3 is 5.32 Å². The normalized spacial score (nSPS) is 24.0. The number of benzene rings is 1. The van der Waals surface area contributed by atoms with Gasteiger partial charge in [-0.3, -0.25) is 4.90 Å². The van der Waals surface area contributed by atoms with E-state index in [0.29, 0.717) is 23.7 Å². The summed E-state index contributed by atoms with van der Waals surface area (Å²) < 4.78 is 14.0. The van der Waals surface area contributed by atoms with Gasteiger partial charge in [0.15, 0.2) is 0 Å². The molecule has 0 aromatic heterocycles. The van der Waals surface area contributed by atoms with Crippen molar-refractivity contribution in [2.24, 2.45) is 0 Å². The highest BCUT2D eigenvalue weighted by molar-refractivity contribution is 6.30. The SMILES string of the molecule is CCCC1CNC(CC)CN1Cc1ccc(Cl)cc1F. The molecule has 0 aliphatic carbocycles. The summed E-state index contributed by atoms with van der Waals surface area (Å²) in [7, 11) is 0. The van der Waals surface area contributed by atoms with Crippen LogP contribution in [0.25, 0.3) is 0 Å². The maximum absolute atomic E-state index is 14.0. The summed E-state index contributed by atoms with van der Waals surface area (Å²) >= 11 is 5.82. The highest BCUT2D eigenvalue weighted by Crippen LogP contribution is 2.20. The van der Waals surface area contributed by atoms with E-state index in [0.717, 1.165) is 37.9 Å². The van der Waals surface area contributed by atoms with Gasteiger partial charge in [0.25, 0.3) is 0 Å². The molecule has 0 spiro atoms. The monoisotopic (exact) mass is 298 g/mol. The second kappa shape index (κ2) is 7.39. The number of hydrogen-bond donors (Lipinski definition) is 1. The smallest absolute Gasteiger partial charge is 0.129 e. The lowest BCUT2D eigenvalue weighted by molar-refractivity contribution is 0.112. The molecule has 1 aromatic rings. The van der Waals surface area contributed by atoms with Crippen LogP contribution in [0, 0.1) is 5.82 Å². The molecule has 1 aromatic carbocycles. The molecule has 2 nitrogen and oxygen atoms in total. The molecule has 20 heavy (non-hydrogen) atoms. The van der Waals surface area contributed by atoms with Crippen LogP contribution in [0.3, 0.4) is 0 Å². The van der Waals surface area contributed by atoms with Crippen LogP contribution in [0.2, 0.25) is 5.02 Å². The first-order valence-electron chi connectivity index (χ1n) is 7.55. The van der Waals surface area contributed by atoms with Gasteiger partial charge in [0.1, 0.15) is 5.82 Å². The van der Waals surface area contributed by atoms with Crippen molar-refractivity contribution in [3.05, 3.63) is 34.6 Å². The van der Waals surface area contributed by atoms with Crippen LogP contribution in [-0.4, -0.2) is 30.1 Å². The summed E-state index contributed by atoms with van der Waals surface area (Å²) in [6, 6.07) is 6.00. The van der Waals surface area contributed by atoms with Crippen molar-refractivity contribution >= 4 is 11.6 Å². The third-order valence-electron chi connectivity index (χ3n) is 4.12. The molecule has 0 saturated carbocycles. The van der Waals surface area contributed by atoms with Crippen LogP contribution in [0.5, 0.6) is 0 Å². The van der Waals surface area contributed by atoms with Gasteiger partial charge >= 0.3 is 0 Å². The Balaban J connectivity index is 2.09. The van der Waals surface area contributed by atoms with Crippen LogP contribution in [0.1, 0.15) is 38.7 Å². The summed E-state index contributed by atoms with van der Waals surface area (Å²) in [5.41, 5.74) is 0.743. The van der Waals surface area contributed by atoms with Gasteiger partial charge in [-0.15, -0.1) is 0 Å². The molecule has 0 bridgehead atoms. The summed E-state index contributed by atoms with van der Waals surface area (Å²) in [6.45, 7) is 7.06. The number of nitrogens with zero attached hydrogens (tertiary/aromatic N) is 1. The van der Waals surface area contributed by atoms with Gasteiger partial charge in [-0.2, -0.15) is 0 Å². The van der Waals surface area contributed by atoms with E-state index >= 15 is 0 Å². The fraction of sp³-hybridized carbons (Fsp3) is 0.625. The summed E-state index contributed by atoms with van der Waals surface area (Å²) in [4.78, 5) is 2.42. The molecule has 1 heterocycles. The second-order valence-corrected chi connectivity index (χ2v) is 6.06. The Morgan fingerprint density at radius 3 is 2.85 bits per heavy atom. The lowest BCUT2D eigenvalue weighted by Crippen LogP contribution is -2.55. The Labute approximate surface area is 126 Å². The molecule has 0 radical (unpaired) electrons. The third kappa shape index (κ3) is 3.94. The maximum atomic E-state index is 14.0. The van der Waals surface area contributed by atoms with E-state index in [1.54, 1.807) is 6.07 Å². The average Bonchev–Trinajstić information content (AvgIpc) is 2.44. The molecule has 1 aliphatic heterocycles. The third-order valence-corrected chi connectivity index (χ3v) is 4.35. The molecule has 2 atom stereocenters. The second-order valence-electron chi connectivity index (χ2n) is 5.62. The van der Waals surface area contributed by atoms with Crippen LogP contribution in [-0.2, 0) is 6.54 Å². The predicted molar refractivity (Wildman–Crippen MR) is 82.6 cm³/mol. The fourth-order valence-corrected chi connectivity index (χ4v) is 3.04. The predicted octanol–water partition coefficient (Wildman–Crippen LogP) is 3.83. The lowest BCUT2D eigenvalue weighted by atomic mass is 10.0. The summed E-state index contributed by atoms with van der Waals surface area (Å²) in [6.07, 6.45) is 3.42. The Morgan fingerprint density at radius 1 is 1.40 bits per heavy atom. The van der Waals surface area contributed by atoms with Crippen molar-refractivity contribution in [1.29, 1.82) is 0 Å². The zero-order valence-electron chi connectivity index (χ0n) is 12.3. The molecular weight excluding hydrogens is 275 g/mol. The largest absolute Gasteiger partial charge is 0.311 e. The first-order valence-corrected chi connectivity index (χ1v) is 7.93. The van der Waals surface area contributed by atoms with Crippen molar-refractivity contribution in [3.63, 3.8) is 0 Å². The van der Waals surface area contributed by atoms with Gasteiger partial charge in [-0.25, -0.2) is 4.39 Å². The topological polar surface area (TPSA) is 15.3 Å². The van der Waals surface area contributed by atoms with Gasteiger partial charge in [0, 0.05) is 42.3 Å². The summed E-state index contributed by atoms with van der Waals surface area (Å²) in [5.74, 6) is -0.195. The van der Waals surface area contributed by atoms with Crippen LogP contribution in [0.15, 0.2) is 18.2 Å². The maximum Gasteiger partial charge on any atom is 0.129 e. The molecule has 4 heteroatoms. The first kappa shape index (κ1) is 15.7. The lowest BCUT2D eigenvalue weighted by Gasteiger charge is -2.40. The van der Waals surface area contributed by atoms with E-state index in [2.05, 4.69) is 24.1 Å². The zero-order valence-corrected chi connectivity index (χ0v) is 13.1. The molecule has 1 N–H and O–H groups in total. The van der Waals surface area contributed by atoms with E-state index in [9.17, 15) is 4.39 Å². The molecule has 2 rings (SSSR count). The van der Waals surface area contributed by atoms with Crippen molar-refractivity contribution in [2.45, 2.75) is 51.7 Å². The Kier molecular flexibility index (Phi) is 5.82. The Hall–Kier alpha value is -0.640. The minimum Gasteiger partial charge on any atom is -0.311 e. The van der Waals surface area contributed by atoms with Crippen LogP contribution in [0.4, 0.5) is 4.39 Å². The van der Waals surface area contributed by atoms with E-state index in [4.69, 9.17) is 11.6 Å². The quantitative estimate of drug-likeness (QED) is 0.889. The molecule has 1 fully saturated rings. The molecule has 1 saturated heterocycles. The number of nitrogens with one attached hydrogen (secondary N) is 1. The first-order chi connectivity index (χ1) is 9.63. The Morgan fingerprint density at radius 2 is 2.20 bits per heavy atom. The Bertz CT molecular complexity index is 438. The molecule has 0 amide bonds. The number of halogens is 2. The van der Waals surface area contributed by atoms with Gasteiger partial charge in [0.2, 0.25) is 0 Å². The minimum atomic E-state index is -0.195. The van der Waals surface area contributed by atoms with E-state index in [1.807, 2.05) is 6.07 Å². The van der Waals surface area contributed by atoms with Gasteiger partial charge in [-0.05, 0) is 25.0 Å². The molecular formula is C16H24ClFN2. The fourth-order valence-electron chi connectivity index (χ4n) is 2.88. The number of rotatable bonds is 5. The summed E-state index contributed by atoms with van der Waals surface area (Å²) in [5, 5.41) is 4.05. The van der Waals surface area contributed by atoms with Gasteiger partial charge in [-0.1, -0.05) is 37.9 Å². The van der Waals surface area contributed by atoms with Crippen molar-refractivity contribution < 1.29 is 4.39 Å². The van der Waals surface area contributed by atoms with Crippen LogP contribution < -0.4 is 5.32 Å². The molecule has 1 aliphatic rings. The highest BCUT2D eigenvalue weighted by Gasteiger charge is 2.26. The van der Waals surface area contributed by atoms with E-state index in [-0.39, 0.29) is 5.82 Å². The molecule has 112 valence electrons. The standard InChI is InChI=1S/C16H24ClFN2/c1-3-5-15-9-19-14(4-2)11-20(15)10-12-6-7-13(17)8-16(12)18/h6-8,14-15,19H,3-5,9-11H2,1-2H3. The number of hydrogen-bond acceptors (Lipinski definition) is 2. The zero-order chi connectivity index (χ0) is 14.5.